The topological polar surface area (TPSA) is 58.8 Å². The molecule has 1 aromatic carbocycles. The van der Waals surface area contributed by atoms with Crippen LogP contribution in [-0.2, 0) is 4.74 Å². The summed E-state index contributed by atoms with van der Waals surface area (Å²) >= 11 is 0. The molecule has 0 amide bonds. The van der Waals surface area contributed by atoms with Crippen LogP contribution in [-0.4, -0.2) is 31.3 Å². The predicted octanol–water partition coefficient (Wildman–Crippen LogP) is 4.62. The summed E-state index contributed by atoms with van der Waals surface area (Å²) in [5.74, 6) is 2.47. The van der Waals surface area contributed by atoms with Gasteiger partial charge in [0.25, 0.3) is 0 Å². The van der Waals surface area contributed by atoms with Crippen LogP contribution in [0.2, 0.25) is 0 Å². The second-order valence-corrected chi connectivity index (χ2v) is 8.33. The second-order valence-electron chi connectivity index (χ2n) is 8.33. The summed E-state index contributed by atoms with van der Waals surface area (Å²) in [4.78, 5) is 4.72. The minimum Gasteiger partial charge on any atom is -0.459 e. The molecule has 5 rings (SSSR count). The summed E-state index contributed by atoms with van der Waals surface area (Å²) in [6, 6.07) is 10.8. The number of halogens is 1. The van der Waals surface area contributed by atoms with E-state index >= 15 is 0 Å². The van der Waals surface area contributed by atoms with Gasteiger partial charge in [-0.3, -0.25) is 4.99 Å². The molecule has 4 unspecified atom stereocenters. The van der Waals surface area contributed by atoms with Crippen LogP contribution in [0.1, 0.15) is 51.3 Å². The molecule has 1 saturated heterocycles. The van der Waals surface area contributed by atoms with Gasteiger partial charge in [0.1, 0.15) is 11.3 Å². The van der Waals surface area contributed by atoms with Crippen molar-refractivity contribution in [1.82, 2.24) is 10.6 Å². The van der Waals surface area contributed by atoms with E-state index in [1.807, 2.05) is 18.2 Å². The van der Waals surface area contributed by atoms with Gasteiger partial charge >= 0.3 is 0 Å². The Morgan fingerprint density at radius 3 is 2.86 bits per heavy atom. The maximum Gasteiger partial charge on any atom is 0.192 e. The number of para-hydroxylation sites is 1. The largest absolute Gasteiger partial charge is 0.459 e. The number of fused-ring (bicyclic) bond motifs is 3. The van der Waals surface area contributed by atoms with Crippen LogP contribution >= 0.6 is 24.0 Å². The van der Waals surface area contributed by atoms with E-state index in [2.05, 4.69) is 36.6 Å². The SMILES string of the molecule is CCN=C(NC(C)c1cc2ccccc2o1)NC1C2CCOC2C12CCC2.I. The first kappa shape index (κ1) is 20.0. The van der Waals surface area contributed by atoms with E-state index in [0.717, 1.165) is 35.8 Å². The molecular formula is C22H30IN3O2. The van der Waals surface area contributed by atoms with Gasteiger partial charge in [0.05, 0.1) is 12.1 Å². The molecule has 5 nitrogen and oxygen atoms in total. The van der Waals surface area contributed by atoms with E-state index in [1.54, 1.807) is 0 Å². The Balaban J connectivity index is 0.00000192. The molecule has 2 aromatic rings. The molecule has 4 atom stereocenters. The van der Waals surface area contributed by atoms with Gasteiger partial charge in [-0.1, -0.05) is 24.6 Å². The first-order chi connectivity index (χ1) is 13.2. The van der Waals surface area contributed by atoms with Crippen molar-refractivity contribution in [3.05, 3.63) is 36.1 Å². The monoisotopic (exact) mass is 495 g/mol. The average molecular weight is 495 g/mol. The van der Waals surface area contributed by atoms with Crippen molar-refractivity contribution in [3.63, 3.8) is 0 Å². The maximum absolute atomic E-state index is 6.05. The first-order valence-corrected chi connectivity index (χ1v) is 10.4. The third-order valence-corrected chi connectivity index (χ3v) is 6.87. The van der Waals surface area contributed by atoms with Crippen molar-refractivity contribution in [2.75, 3.05) is 13.2 Å². The molecule has 1 aliphatic heterocycles. The third-order valence-electron chi connectivity index (χ3n) is 6.87. The average Bonchev–Trinajstić information content (AvgIpc) is 3.23. The Morgan fingerprint density at radius 2 is 2.14 bits per heavy atom. The van der Waals surface area contributed by atoms with Gasteiger partial charge in [0.15, 0.2) is 5.96 Å². The van der Waals surface area contributed by atoms with Gasteiger partial charge in [-0.25, -0.2) is 0 Å². The summed E-state index contributed by atoms with van der Waals surface area (Å²) in [6.07, 6.45) is 5.53. The summed E-state index contributed by atoms with van der Waals surface area (Å²) in [5.41, 5.74) is 1.28. The normalized spacial score (nSPS) is 28.8. The fourth-order valence-electron chi connectivity index (χ4n) is 5.39. The Kier molecular flexibility index (Phi) is 5.62. The number of hydrogen-bond donors (Lipinski definition) is 2. The zero-order chi connectivity index (χ0) is 18.4. The summed E-state index contributed by atoms with van der Waals surface area (Å²) in [7, 11) is 0. The number of benzene rings is 1. The molecule has 2 heterocycles. The summed E-state index contributed by atoms with van der Waals surface area (Å²) in [6.45, 7) is 5.88. The van der Waals surface area contributed by atoms with E-state index in [1.165, 1.54) is 25.7 Å². The van der Waals surface area contributed by atoms with Gasteiger partial charge in [0, 0.05) is 35.9 Å². The van der Waals surface area contributed by atoms with Crippen molar-refractivity contribution >= 4 is 40.9 Å². The molecule has 2 aliphatic carbocycles. The number of aliphatic imine (C=N–C) groups is 1. The van der Waals surface area contributed by atoms with Crippen molar-refractivity contribution in [3.8, 4) is 0 Å². The maximum atomic E-state index is 6.05. The quantitative estimate of drug-likeness (QED) is 0.369. The number of furan rings is 1. The van der Waals surface area contributed by atoms with E-state index in [4.69, 9.17) is 14.1 Å². The fourth-order valence-corrected chi connectivity index (χ4v) is 5.39. The number of guanidine groups is 1. The standard InChI is InChI=1S/C22H29N3O2.HI/c1-3-23-21(24-14(2)18-13-15-7-4-5-8-17(15)27-18)25-19-16-9-12-26-20(16)22(19)10-6-11-22;/h4-5,7-8,13-14,16,19-20H,3,6,9-12H2,1-2H3,(H2,23,24,25);1H. The zero-order valence-electron chi connectivity index (χ0n) is 16.6. The highest BCUT2D eigenvalue weighted by atomic mass is 127. The van der Waals surface area contributed by atoms with Crippen LogP contribution in [0.15, 0.2) is 39.7 Å². The smallest absolute Gasteiger partial charge is 0.192 e. The Morgan fingerprint density at radius 1 is 1.32 bits per heavy atom. The van der Waals surface area contributed by atoms with Crippen LogP contribution in [0.5, 0.6) is 0 Å². The van der Waals surface area contributed by atoms with Crippen molar-refractivity contribution in [1.29, 1.82) is 0 Å². The lowest BCUT2D eigenvalue weighted by Gasteiger charge is -2.63. The molecule has 3 fully saturated rings. The highest BCUT2D eigenvalue weighted by Gasteiger charge is 2.66. The minimum atomic E-state index is 0. The van der Waals surface area contributed by atoms with Gasteiger partial charge < -0.3 is 19.8 Å². The number of nitrogens with zero attached hydrogens (tertiary/aromatic N) is 1. The molecule has 1 spiro atoms. The molecule has 0 bridgehead atoms. The van der Waals surface area contributed by atoms with E-state index < -0.39 is 0 Å². The summed E-state index contributed by atoms with van der Waals surface area (Å²) in [5, 5.41) is 8.47. The predicted molar refractivity (Wildman–Crippen MR) is 122 cm³/mol. The van der Waals surface area contributed by atoms with Crippen LogP contribution in [0.25, 0.3) is 11.0 Å². The molecule has 1 aromatic heterocycles. The van der Waals surface area contributed by atoms with Gasteiger partial charge in [0.2, 0.25) is 0 Å². The molecule has 6 heteroatoms. The van der Waals surface area contributed by atoms with Crippen LogP contribution in [0, 0.1) is 11.3 Å². The van der Waals surface area contributed by atoms with Crippen LogP contribution in [0.4, 0.5) is 0 Å². The third kappa shape index (κ3) is 3.12. The molecule has 152 valence electrons. The zero-order valence-corrected chi connectivity index (χ0v) is 18.9. The van der Waals surface area contributed by atoms with Gasteiger partial charge in [-0.05, 0) is 45.2 Å². The molecule has 3 aliphatic rings. The molecular weight excluding hydrogens is 465 g/mol. The fraction of sp³-hybridized carbons (Fsp3) is 0.591. The molecule has 28 heavy (non-hydrogen) atoms. The minimum absolute atomic E-state index is 0. The highest BCUT2D eigenvalue weighted by molar-refractivity contribution is 14.0. The van der Waals surface area contributed by atoms with E-state index in [9.17, 15) is 0 Å². The first-order valence-electron chi connectivity index (χ1n) is 10.4. The molecule has 0 radical (unpaired) electrons. The lowest BCUT2D eigenvalue weighted by atomic mass is 9.46. The van der Waals surface area contributed by atoms with E-state index in [0.29, 0.717) is 23.5 Å². The highest BCUT2D eigenvalue weighted by Crippen LogP contribution is 2.62. The second kappa shape index (κ2) is 7.86. The van der Waals surface area contributed by atoms with Crippen molar-refractivity contribution in [2.24, 2.45) is 16.3 Å². The number of rotatable bonds is 4. The lowest BCUT2D eigenvalue weighted by molar-refractivity contribution is -0.171. The molecule has 2 N–H and O–H groups in total. The Hall–Kier alpha value is -1.28. The van der Waals surface area contributed by atoms with Gasteiger partial charge in [-0.2, -0.15) is 0 Å². The number of ether oxygens (including phenoxy) is 1. The van der Waals surface area contributed by atoms with Gasteiger partial charge in [-0.15, -0.1) is 24.0 Å². The van der Waals surface area contributed by atoms with Crippen LogP contribution < -0.4 is 10.6 Å². The number of hydrogen-bond acceptors (Lipinski definition) is 3. The Labute approximate surface area is 183 Å². The van der Waals surface area contributed by atoms with Crippen molar-refractivity contribution in [2.45, 2.75) is 57.7 Å². The lowest BCUT2D eigenvalue weighted by Crippen LogP contribution is -2.72. The molecule has 2 saturated carbocycles. The van der Waals surface area contributed by atoms with Crippen molar-refractivity contribution < 1.29 is 9.15 Å². The summed E-state index contributed by atoms with van der Waals surface area (Å²) < 4.78 is 12.1. The Bertz CT molecular complexity index is 827. The van der Waals surface area contributed by atoms with Crippen LogP contribution in [0.3, 0.4) is 0 Å². The number of nitrogens with one attached hydrogen (secondary N) is 2. The van der Waals surface area contributed by atoms with E-state index in [-0.39, 0.29) is 30.0 Å².